The van der Waals surface area contributed by atoms with Crippen molar-refractivity contribution in [1.82, 2.24) is 0 Å². The number of hydrogen-bond donors (Lipinski definition) is 0. The lowest BCUT2D eigenvalue weighted by molar-refractivity contribution is 0.480. The van der Waals surface area contributed by atoms with Gasteiger partial charge in [0.25, 0.3) is 0 Å². The molecule has 1 aliphatic heterocycles. The van der Waals surface area contributed by atoms with E-state index in [-0.39, 0.29) is 0 Å². The van der Waals surface area contributed by atoms with Crippen molar-refractivity contribution in [2.75, 3.05) is 4.78 Å². The van der Waals surface area contributed by atoms with Gasteiger partial charge in [0.1, 0.15) is 22.5 Å². The topological polar surface area (TPSA) is 34.1 Å². The molecule has 0 unspecified atom stereocenters. The Labute approximate surface area is 217 Å². The third-order valence-corrected chi connectivity index (χ3v) is 8.75. The SMILES string of the molecule is c1ccc(OP2(Oc3ccccc3)=C(c3ccccc3)C(c3ccccc3)=NN2c2ccccc2)cc1. The normalized spacial score (nSPS) is 14.2. The summed E-state index contributed by atoms with van der Waals surface area (Å²) in [6.45, 7) is 0. The Kier molecular flexibility index (Phi) is 6.33. The highest BCUT2D eigenvalue weighted by Crippen LogP contribution is 2.60. The molecule has 0 N–H and O–H groups in total. The summed E-state index contributed by atoms with van der Waals surface area (Å²) >= 11 is 0. The van der Waals surface area contributed by atoms with Crippen LogP contribution in [0.4, 0.5) is 5.69 Å². The molecule has 6 rings (SSSR count). The van der Waals surface area contributed by atoms with Gasteiger partial charge in [-0.3, -0.25) is 0 Å². The predicted octanol–water partition coefficient (Wildman–Crippen LogP) is 8.05. The second-order valence-corrected chi connectivity index (χ2v) is 10.7. The van der Waals surface area contributed by atoms with Crippen LogP contribution in [-0.4, -0.2) is 11.0 Å². The molecule has 5 aromatic rings. The molecule has 4 nitrogen and oxygen atoms in total. The van der Waals surface area contributed by atoms with E-state index >= 15 is 0 Å². The molecule has 5 aromatic carbocycles. The fourth-order valence-corrected chi connectivity index (χ4v) is 7.26. The van der Waals surface area contributed by atoms with Gasteiger partial charge in [-0.1, -0.05) is 115 Å². The maximum Gasteiger partial charge on any atom is 0.355 e. The zero-order valence-electron chi connectivity index (χ0n) is 20.1. The van der Waals surface area contributed by atoms with Gasteiger partial charge in [0.15, 0.2) is 0 Å². The van der Waals surface area contributed by atoms with Crippen molar-refractivity contribution in [2.24, 2.45) is 5.10 Å². The van der Waals surface area contributed by atoms with Crippen LogP contribution in [0.1, 0.15) is 11.1 Å². The number of benzene rings is 5. The van der Waals surface area contributed by atoms with E-state index in [1.54, 1.807) is 0 Å². The molecular formula is C32H25N2O2P. The number of anilines is 1. The van der Waals surface area contributed by atoms with Gasteiger partial charge < -0.3 is 9.05 Å². The fourth-order valence-electron chi connectivity index (χ4n) is 4.32. The first kappa shape index (κ1) is 22.9. The Hall–Kier alpha value is -4.53. The fraction of sp³-hybridized carbons (Fsp3) is 0. The average Bonchev–Trinajstić information content (AvgIpc) is 3.29. The summed E-state index contributed by atoms with van der Waals surface area (Å²) in [5.41, 5.74) is 3.72. The molecule has 1 aliphatic rings. The highest BCUT2D eigenvalue weighted by Gasteiger charge is 2.45. The lowest BCUT2D eigenvalue weighted by Crippen LogP contribution is -2.23. The molecule has 0 amide bonds. The van der Waals surface area contributed by atoms with Crippen molar-refractivity contribution >= 4 is 24.2 Å². The van der Waals surface area contributed by atoms with Crippen molar-refractivity contribution in [2.45, 2.75) is 0 Å². The largest absolute Gasteiger partial charge is 0.427 e. The van der Waals surface area contributed by atoms with E-state index in [0.717, 1.165) is 27.8 Å². The number of para-hydroxylation sites is 3. The summed E-state index contributed by atoms with van der Waals surface area (Å²) in [7, 11) is -3.13. The molecule has 180 valence electrons. The van der Waals surface area contributed by atoms with Gasteiger partial charge in [-0.25, -0.2) is 0 Å². The smallest absolute Gasteiger partial charge is 0.355 e. The van der Waals surface area contributed by atoms with Gasteiger partial charge in [0.2, 0.25) is 0 Å². The zero-order chi connectivity index (χ0) is 24.9. The number of rotatable bonds is 7. The number of hydrazone groups is 1. The molecule has 5 heteroatoms. The molecule has 0 saturated heterocycles. The van der Waals surface area contributed by atoms with Crippen LogP contribution in [-0.2, 0) is 0 Å². The molecule has 0 atom stereocenters. The first-order chi connectivity index (χ1) is 18.3. The van der Waals surface area contributed by atoms with Crippen molar-refractivity contribution in [3.8, 4) is 11.5 Å². The van der Waals surface area contributed by atoms with E-state index in [0.29, 0.717) is 11.5 Å². The van der Waals surface area contributed by atoms with Gasteiger partial charge in [-0.15, -0.1) is 0 Å². The van der Waals surface area contributed by atoms with E-state index in [2.05, 4.69) is 24.3 Å². The Balaban J connectivity index is 1.71. The zero-order valence-corrected chi connectivity index (χ0v) is 21.0. The minimum absolute atomic E-state index is 0.714. The van der Waals surface area contributed by atoms with Gasteiger partial charge in [0, 0.05) is 5.56 Å². The lowest BCUT2D eigenvalue weighted by atomic mass is 10.0. The molecule has 0 aromatic heterocycles. The van der Waals surface area contributed by atoms with Gasteiger partial charge in [0.05, 0.1) is 5.69 Å². The van der Waals surface area contributed by atoms with Crippen molar-refractivity contribution < 1.29 is 9.05 Å². The van der Waals surface area contributed by atoms with E-state index < -0.39 is 7.49 Å². The molecule has 0 aliphatic carbocycles. The second-order valence-electron chi connectivity index (χ2n) is 8.48. The molecule has 1 heterocycles. The molecule has 0 fully saturated rings. The van der Waals surface area contributed by atoms with E-state index in [9.17, 15) is 0 Å². The van der Waals surface area contributed by atoms with Gasteiger partial charge >= 0.3 is 7.49 Å². The van der Waals surface area contributed by atoms with Crippen LogP contribution in [0.15, 0.2) is 157 Å². The van der Waals surface area contributed by atoms with E-state index in [1.165, 1.54) is 0 Å². The van der Waals surface area contributed by atoms with Crippen LogP contribution in [0.5, 0.6) is 11.5 Å². The summed E-state index contributed by atoms with van der Waals surface area (Å²) in [6, 6.07) is 50.3. The van der Waals surface area contributed by atoms with Crippen LogP contribution in [0, 0.1) is 0 Å². The number of nitrogens with zero attached hydrogens (tertiary/aromatic N) is 2. The first-order valence-electron chi connectivity index (χ1n) is 12.1. The van der Waals surface area contributed by atoms with Crippen LogP contribution >= 0.6 is 7.49 Å². The average molecular weight is 501 g/mol. The van der Waals surface area contributed by atoms with Crippen molar-refractivity contribution in [3.63, 3.8) is 0 Å². The maximum atomic E-state index is 7.02. The van der Waals surface area contributed by atoms with Crippen LogP contribution in [0.3, 0.4) is 0 Å². The quantitative estimate of drug-likeness (QED) is 0.212. The maximum absolute atomic E-state index is 7.02. The van der Waals surface area contributed by atoms with Crippen molar-refractivity contribution in [3.05, 3.63) is 163 Å². The van der Waals surface area contributed by atoms with Crippen LogP contribution < -0.4 is 13.8 Å². The summed E-state index contributed by atoms with van der Waals surface area (Å²) in [5.74, 6) is 1.43. The Morgan fingerprint density at radius 2 is 0.865 bits per heavy atom. The molecular weight excluding hydrogens is 475 g/mol. The molecule has 0 radical (unpaired) electrons. The molecule has 0 spiro atoms. The Morgan fingerprint density at radius 3 is 1.35 bits per heavy atom. The Bertz CT molecular complexity index is 1510. The summed E-state index contributed by atoms with van der Waals surface area (Å²) in [4.78, 5) is 0. The van der Waals surface area contributed by atoms with E-state index in [4.69, 9.17) is 14.1 Å². The highest BCUT2D eigenvalue weighted by molar-refractivity contribution is 7.72. The van der Waals surface area contributed by atoms with Gasteiger partial charge in [-0.05, 0) is 42.0 Å². The second kappa shape index (κ2) is 10.2. The monoisotopic (exact) mass is 500 g/mol. The molecule has 0 saturated carbocycles. The minimum atomic E-state index is -3.13. The van der Waals surface area contributed by atoms with Crippen molar-refractivity contribution in [1.29, 1.82) is 0 Å². The summed E-state index contributed by atoms with van der Waals surface area (Å²) in [6.07, 6.45) is 0. The third kappa shape index (κ3) is 4.55. The summed E-state index contributed by atoms with van der Waals surface area (Å²) < 4.78 is 16.0. The minimum Gasteiger partial charge on any atom is -0.427 e. The highest BCUT2D eigenvalue weighted by atomic mass is 31.2. The standard InChI is InChI=1S/C32H25N2O2P/c1-6-16-26(17-7-1)31-32(27-18-8-2-9-19-27)37(35-29-22-12-4-13-23-29,36-30-24-14-5-15-25-30)34(33-31)28-20-10-3-11-21-28/h1-25H. The predicted molar refractivity (Wildman–Crippen MR) is 154 cm³/mol. The summed E-state index contributed by atoms with van der Waals surface area (Å²) in [5, 5.41) is 6.17. The van der Waals surface area contributed by atoms with Crippen LogP contribution in [0.25, 0.3) is 0 Å². The Morgan fingerprint density at radius 1 is 0.459 bits per heavy atom. The third-order valence-electron chi connectivity index (χ3n) is 5.98. The first-order valence-corrected chi connectivity index (χ1v) is 13.7. The molecule has 0 bridgehead atoms. The number of hydrogen-bond acceptors (Lipinski definition) is 4. The van der Waals surface area contributed by atoms with Gasteiger partial charge in [-0.2, -0.15) is 9.88 Å². The van der Waals surface area contributed by atoms with E-state index in [1.807, 2.05) is 132 Å². The lowest BCUT2D eigenvalue weighted by Gasteiger charge is -2.33. The molecule has 37 heavy (non-hydrogen) atoms. The van der Waals surface area contributed by atoms with Crippen LogP contribution in [0.2, 0.25) is 0 Å².